The van der Waals surface area contributed by atoms with Gasteiger partial charge in [0.15, 0.2) is 11.5 Å². The molecule has 1 saturated heterocycles. The maximum Gasteiger partial charge on any atom is 0.161 e. The Morgan fingerprint density at radius 3 is 2.76 bits per heavy atom. The number of phenolic OH excluding ortho intramolecular Hbond substituents is 1. The number of phenols is 1. The van der Waals surface area contributed by atoms with Crippen molar-refractivity contribution < 1.29 is 9.84 Å². The Labute approximate surface area is 114 Å². The van der Waals surface area contributed by atoms with Gasteiger partial charge >= 0.3 is 0 Å². The zero-order valence-electron chi connectivity index (χ0n) is 8.89. The summed E-state index contributed by atoms with van der Waals surface area (Å²) in [5.74, 6) is 0.550. The molecule has 0 spiro atoms. The second kappa shape index (κ2) is 5.03. The lowest BCUT2D eigenvalue weighted by Gasteiger charge is -2.04. The summed E-state index contributed by atoms with van der Waals surface area (Å²) in [5, 5.41) is 12.4. The van der Waals surface area contributed by atoms with Gasteiger partial charge in [0.25, 0.3) is 0 Å². The minimum absolute atomic E-state index is 0.116. The minimum atomic E-state index is 0.116. The van der Waals surface area contributed by atoms with E-state index < -0.39 is 0 Å². The Balaban J connectivity index is 2.33. The first-order valence-electron chi connectivity index (χ1n) is 4.72. The summed E-state index contributed by atoms with van der Waals surface area (Å²) in [6, 6.07) is 5.11. The van der Waals surface area contributed by atoms with Gasteiger partial charge in [-0.25, -0.2) is 0 Å². The molecule has 1 aromatic rings. The third-order valence-corrected chi connectivity index (χ3v) is 3.78. The standard InChI is InChI=1S/C11H9NO2S3/c1-14-8-4-6(2-3-7(8)13)5-9-10(15)12-11(16)17-9/h2-5,13H,1H3,(H,12,15,16)/b9-5+. The smallest absolute Gasteiger partial charge is 0.161 e. The summed E-state index contributed by atoms with van der Waals surface area (Å²) in [6.45, 7) is 0. The number of methoxy groups -OCH3 is 1. The van der Waals surface area contributed by atoms with Crippen LogP contribution in [0.25, 0.3) is 6.08 Å². The summed E-state index contributed by atoms with van der Waals surface area (Å²) in [7, 11) is 1.51. The predicted molar refractivity (Wildman–Crippen MR) is 78.6 cm³/mol. The SMILES string of the molecule is COc1cc(/C=C2/SC(=S)NC2=S)ccc1O. The summed E-state index contributed by atoms with van der Waals surface area (Å²) >= 11 is 11.6. The van der Waals surface area contributed by atoms with Crippen LogP contribution in [0.3, 0.4) is 0 Å². The number of hydrogen-bond acceptors (Lipinski definition) is 5. The van der Waals surface area contributed by atoms with Crippen LogP contribution in [0.15, 0.2) is 23.1 Å². The van der Waals surface area contributed by atoms with Gasteiger partial charge < -0.3 is 15.2 Å². The molecule has 0 atom stereocenters. The van der Waals surface area contributed by atoms with Crippen LogP contribution in [0.2, 0.25) is 0 Å². The topological polar surface area (TPSA) is 41.5 Å². The molecule has 0 aliphatic carbocycles. The number of nitrogens with one attached hydrogen (secondary N) is 1. The average Bonchev–Trinajstić information content (AvgIpc) is 2.60. The Kier molecular flexibility index (Phi) is 3.66. The van der Waals surface area contributed by atoms with Crippen LogP contribution in [0.4, 0.5) is 0 Å². The normalized spacial score (nSPS) is 17.4. The van der Waals surface area contributed by atoms with Crippen LogP contribution in [0, 0.1) is 0 Å². The van der Waals surface area contributed by atoms with Crippen molar-refractivity contribution in [1.29, 1.82) is 0 Å². The number of thioether (sulfide) groups is 1. The fraction of sp³-hybridized carbons (Fsp3) is 0.0909. The van der Waals surface area contributed by atoms with E-state index in [0.717, 1.165) is 10.5 Å². The van der Waals surface area contributed by atoms with Crippen molar-refractivity contribution in [2.45, 2.75) is 0 Å². The number of thiocarbonyl (C=S) groups is 2. The van der Waals surface area contributed by atoms with Crippen LogP contribution in [0.1, 0.15) is 5.56 Å². The molecule has 2 rings (SSSR count). The number of aromatic hydroxyl groups is 1. The molecule has 6 heteroatoms. The fourth-order valence-corrected chi connectivity index (χ4v) is 2.83. The Hall–Kier alpha value is -1.11. The van der Waals surface area contributed by atoms with Gasteiger partial charge in [-0.3, -0.25) is 0 Å². The van der Waals surface area contributed by atoms with E-state index in [2.05, 4.69) is 5.32 Å². The molecular formula is C11H9NO2S3. The summed E-state index contributed by atoms with van der Waals surface area (Å²) < 4.78 is 5.70. The first-order valence-corrected chi connectivity index (χ1v) is 6.35. The second-order valence-electron chi connectivity index (χ2n) is 3.28. The van der Waals surface area contributed by atoms with Crippen LogP contribution >= 0.6 is 36.2 Å². The highest BCUT2D eigenvalue weighted by Crippen LogP contribution is 2.30. The van der Waals surface area contributed by atoms with Gasteiger partial charge in [0.05, 0.1) is 7.11 Å². The first-order chi connectivity index (χ1) is 8.10. The molecular weight excluding hydrogens is 274 g/mol. The van der Waals surface area contributed by atoms with Crippen molar-refractivity contribution >= 4 is 51.6 Å². The van der Waals surface area contributed by atoms with Crippen LogP contribution in [0.5, 0.6) is 11.5 Å². The Morgan fingerprint density at radius 1 is 1.41 bits per heavy atom. The van der Waals surface area contributed by atoms with Crippen molar-refractivity contribution in [2.75, 3.05) is 7.11 Å². The van der Waals surface area contributed by atoms with E-state index in [1.807, 2.05) is 6.08 Å². The number of hydrogen-bond donors (Lipinski definition) is 2. The molecule has 1 fully saturated rings. The molecule has 0 saturated carbocycles. The van der Waals surface area contributed by atoms with Crippen molar-refractivity contribution in [2.24, 2.45) is 0 Å². The van der Waals surface area contributed by atoms with Crippen molar-refractivity contribution in [3.05, 3.63) is 28.7 Å². The molecule has 1 aromatic carbocycles. The molecule has 0 amide bonds. The maximum absolute atomic E-state index is 9.48. The highest BCUT2D eigenvalue weighted by atomic mass is 32.2. The van der Waals surface area contributed by atoms with E-state index in [4.69, 9.17) is 29.2 Å². The van der Waals surface area contributed by atoms with Crippen molar-refractivity contribution in [1.82, 2.24) is 5.32 Å². The van der Waals surface area contributed by atoms with Gasteiger partial charge in [0.1, 0.15) is 9.31 Å². The predicted octanol–water partition coefficient (Wildman–Crippen LogP) is 2.69. The number of rotatable bonds is 2. The van der Waals surface area contributed by atoms with E-state index in [1.54, 1.807) is 18.2 Å². The van der Waals surface area contributed by atoms with Crippen LogP contribution in [-0.2, 0) is 0 Å². The maximum atomic E-state index is 9.48. The lowest BCUT2D eigenvalue weighted by atomic mass is 10.2. The largest absolute Gasteiger partial charge is 0.504 e. The first kappa shape index (κ1) is 12.3. The molecule has 1 aliphatic heterocycles. The lowest BCUT2D eigenvalue weighted by Crippen LogP contribution is -2.15. The summed E-state index contributed by atoms with van der Waals surface area (Å²) in [4.78, 5) is 1.53. The molecule has 88 valence electrons. The minimum Gasteiger partial charge on any atom is -0.504 e. The highest BCUT2D eigenvalue weighted by molar-refractivity contribution is 8.27. The van der Waals surface area contributed by atoms with Gasteiger partial charge in [0.2, 0.25) is 0 Å². The quantitative estimate of drug-likeness (QED) is 0.642. The molecule has 2 N–H and O–H groups in total. The van der Waals surface area contributed by atoms with E-state index in [9.17, 15) is 5.11 Å². The molecule has 0 aromatic heterocycles. The summed E-state index contributed by atoms with van der Waals surface area (Å²) in [6.07, 6.45) is 1.90. The zero-order chi connectivity index (χ0) is 12.4. The zero-order valence-corrected chi connectivity index (χ0v) is 11.3. The lowest BCUT2D eigenvalue weighted by molar-refractivity contribution is 0.373. The molecule has 1 aliphatic rings. The van der Waals surface area contributed by atoms with Gasteiger partial charge in [-0.1, -0.05) is 42.3 Å². The van der Waals surface area contributed by atoms with Crippen molar-refractivity contribution in [3.63, 3.8) is 0 Å². The van der Waals surface area contributed by atoms with Gasteiger partial charge in [-0.2, -0.15) is 0 Å². The van der Waals surface area contributed by atoms with Gasteiger partial charge in [0, 0.05) is 4.91 Å². The monoisotopic (exact) mass is 283 g/mol. The summed E-state index contributed by atoms with van der Waals surface area (Å²) in [5.41, 5.74) is 0.899. The van der Waals surface area contributed by atoms with E-state index in [0.29, 0.717) is 15.1 Å². The number of ether oxygens (including phenoxy) is 1. The fourth-order valence-electron chi connectivity index (χ4n) is 1.36. The van der Waals surface area contributed by atoms with Gasteiger partial charge in [-0.15, -0.1) is 0 Å². The van der Waals surface area contributed by atoms with Crippen LogP contribution in [-0.4, -0.2) is 21.5 Å². The molecule has 3 nitrogen and oxygen atoms in total. The van der Waals surface area contributed by atoms with Crippen molar-refractivity contribution in [3.8, 4) is 11.5 Å². The van der Waals surface area contributed by atoms with E-state index >= 15 is 0 Å². The molecule has 0 unspecified atom stereocenters. The molecule has 1 heterocycles. The third kappa shape index (κ3) is 2.77. The van der Waals surface area contributed by atoms with E-state index in [1.165, 1.54) is 18.9 Å². The Bertz CT molecular complexity index is 525. The van der Waals surface area contributed by atoms with Gasteiger partial charge in [-0.05, 0) is 23.8 Å². The van der Waals surface area contributed by atoms with Crippen LogP contribution < -0.4 is 10.1 Å². The number of benzene rings is 1. The third-order valence-electron chi connectivity index (χ3n) is 2.14. The molecule has 0 radical (unpaired) electrons. The highest BCUT2D eigenvalue weighted by Gasteiger charge is 2.18. The Morgan fingerprint density at radius 2 is 2.18 bits per heavy atom. The average molecular weight is 283 g/mol. The van der Waals surface area contributed by atoms with E-state index in [-0.39, 0.29) is 5.75 Å². The molecule has 17 heavy (non-hydrogen) atoms. The second-order valence-corrected chi connectivity index (χ2v) is 5.41. The molecule has 0 bridgehead atoms.